The smallest absolute Gasteiger partial charge is 0.107 e. The normalized spacial score (nSPS) is 14.7. The second kappa shape index (κ2) is 16.6. The minimum Gasteiger partial charge on any atom is -0.378 e. The van der Waals surface area contributed by atoms with Crippen molar-refractivity contribution in [1.82, 2.24) is 29.3 Å². The predicted molar refractivity (Wildman–Crippen MR) is 246 cm³/mol. The Hall–Kier alpha value is -6.01. The standard InChI is InChI=1S/C26H25N5O.C23H22BrN3O/c1-18-28-26-23(24-9-10-27-29-24)15-21(30-11-13-32-14-12-30)16-25(26)31(18)17-20-7-4-6-19-5-2-3-8-22(19)20;1-16-25-23-21(24)13-19(26-9-11-28-12-10-26)14-22(23)27(16)15-18-7-4-6-17-5-2-3-8-20(17)18/h2-10,15-16H,11-14,17H2,1H3,(H,27,29);2-8,13-14H,9-12,15H2,1H3. The molecule has 2 aliphatic rings. The fraction of sp³-hybridized carbons (Fsp3) is 0.245. The molecule has 0 aliphatic carbocycles. The van der Waals surface area contributed by atoms with Gasteiger partial charge in [-0.2, -0.15) is 5.10 Å². The molecule has 1 N–H and O–H groups in total. The summed E-state index contributed by atoms with van der Waals surface area (Å²) in [5.74, 6) is 2.04. The fourth-order valence-electron chi connectivity index (χ4n) is 8.83. The van der Waals surface area contributed by atoms with E-state index in [0.29, 0.717) is 0 Å². The van der Waals surface area contributed by atoms with E-state index >= 15 is 0 Å². The number of fused-ring (bicyclic) bond motifs is 4. The minimum absolute atomic E-state index is 0.756. The van der Waals surface area contributed by atoms with Gasteiger partial charge in [-0.25, -0.2) is 9.97 Å². The molecular formula is C49H47BrN8O2. The molecule has 0 amide bonds. The first kappa shape index (κ1) is 38.2. The summed E-state index contributed by atoms with van der Waals surface area (Å²) in [7, 11) is 0. The summed E-state index contributed by atoms with van der Waals surface area (Å²) in [4.78, 5) is 14.6. The Morgan fingerprint density at radius 1 is 0.583 bits per heavy atom. The maximum Gasteiger partial charge on any atom is 0.107 e. The van der Waals surface area contributed by atoms with Crippen LogP contribution in [0.2, 0.25) is 0 Å². The van der Waals surface area contributed by atoms with Crippen LogP contribution in [0.5, 0.6) is 0 Å². The number of rotatable bonds is 7. The molecule has 0 spiro atoms. The number of H-pyrrole nitrogens is 1. The second-order valence-electron chi connectivity index (χ2n) is 15.6. The molecule has 0 unspecified atom stereocenters. The van der Waals surface area contributed by atoms with Gasteiger partial charge < -0.3 is 28.4 Å². The van der Waals surface area contributed by atoms with Crippen molar-refractivity contribution in [2.24, 2.45) is 0 Å². The third-order valence-corrected chi connectivity index (χ3v) is 12.6. The van der Waals surface area contributed by atoms with E-state index in [9.17, 15) is 0 Å². The number of morpholine rings is 2. The topological polar surface area (TPSA) is 89.3 Å². The molecule has 5 heterocycles. The maximum absolute atomic E-state index is 5.58. The number of hydrogen-bond donors (Lipinski definition) is 1. The highest BCUT2D eigenvalue weighted by molar-refractivity contribution is 9.10. The maximum atomic E-state index is 5.58. The molecule has 0 saturated carbocycles. The molecule has 9 aromatic rings. The molecule has 0 atom stereocenters. The Bertz CT molecular complexity index is 2950. The van der Waals surface area contributed by atoms with Gasteiger partial charge in [-0.1, -0.05) is 84.9 Å². The van der Waals surface area contributed by atoms with Gasteiger partial charge in [0.2, 0.25) is 0 Å². The average Bonchev–Trinajstić information content (AvgIpc) is 4.03. The molecule has 0 radical (unpaired) electrons. The molecule has 6 aromatic carbocycles. The van der Waals surface area contributed by atoms with E-state index in [2.05, 4.69) is 168 Å². The summed E-state index contributed by atoms with van der Waals surface area (Å²) in [5.41, 5.74) is 11.4. The molecule has 2 aliphatic heterocycles. The highest BCUT2D eigenvalue weighted by Crippen LogP contribution is 2.35. The first-order chi connectivity index (χ1) is 29.5. The summed E-state index contributed by atoms with van der Waals surface area (Å²) in [5, 5.41) is 12.4. The molecule has 0 bridgehead atoms. The van der Waals surface area contributed by atoms with Crippen LogP contribution >= 0.6 is 15.9 Å². The second-order valence-corrected chi connectivity index (χ2v) is 16.4. The van der Waals surface area contributed by atoms with E-state index in [0.717, 1.165) is 110 Å². The predicted octanol–water partition coefficient (Wildman–Crippen LogP) is 9.92. The van der Waals surface area contributed by atoms with Crippen molar-refractivity contribution in [1.29, 1.82) is 0 Å². The number of nitrogens with one attached hydrogen (secondary N) is 1. The van der Waals surface area contributed by atoms with Crippen molar-refractivity contribution in [2.45, 2.75) is 26.9 Å². The Labute approximate surface area is 357 Å². The summed E-state index contributed by atoms with van der Waals surface area (Å²) < 4.78 is 16.8. The summed E-state index contributed by atoms with van der Waals surface area (Å²) in [6.45, 7) is 12.5. The quantitative estimate of drug-likeness (QED) is 0.171. The molecule has 10 nitrogen and oxygen atoms in total. The lowest BCUT2D eigenvalue weighted by Crippen LogP contribution is -2.36. The van der Waals surface area contributed by atoms with E-state index in [1.807, 2.05) is 6.07 Å². The molecule has 11 heteroatoms. The van der Waals surface area contributed by atoms with E-state index in [-0.39, 0.29) is 0 Å². The Morgan fingerprint density at radius 3 is 1.63 bits per heavy atom. The molecule has 3 aromatic heterocycles. The van der Waals surface area contributed by atoms with Gasteiger partial charge in [-0.05, 0) is 92.8 Å². The summed E-state index contributed by atoms with van der Waals surface area (Å²) in [6, 6.07) is 41.2. The first-order valence-corrected chi connectivity index (χ1v) is 21.5. The first-order valence-electron chi connectivity index (χ1n) is 20.7. The zero-order valence-corrected chi connectivity index (χ0v) is 35.5. The number of halogens is 1. The van der Waals surface area contributed by atoms with Crippen LogP contribution in [0.25, 0.3) is 54.9 Å². The number of aryl methyl sites for hydroxylation is 2. The van der Waals surface area contributed by atoms with Gasteiger partial charge >= 0.3 is 0 Å². The number of hydrogen-bond acceptors (Lipinski definition) is 7. The van der Waals surface area contributed by atoms with Crippen molar-refractivity contribution in [2.75, 3.05) is 62.4 Å². The van der Waals surface area contributed by atoms with Crippen LogP contribution in [0.1, 0.15) is 22.8 Å². The minimum atomic E-state index is 0.756. The van der Waals surface area contributed by atoms with Gasteiger partial charge in [-0.3, -0.25) is 5.10 Å². The molecule has 2 fully saturated rings. The van der Waals surface area contributed by atoms with Crippen molar-refractivity contribution < 1.29 is 9.47 Å². The van der Waals surface area contributed by atoms with Gasteiger partial charge in [0.05, 0.1) is 48.7 Å². The van der Waals surface area contributed by atoms with Gasteiger partial charge in [0.25, 0.3) is 0 Å². The Balaban J connectivity index is 0.000000146. The highest BCUT2D eigenvalue weighted by atomic mass is 79.9. The van der Waals surface area contributed by atoms with Crippen LogP contribution in [-0.2, 0) is 22.6 Å². The number of aromatic amines is 1. The van der Waals surface area contributed by atoms with Crippen molar-refractivity contribution in [3.8, 4) is 11.3 Å². The zero-order chi connectivity index (χ0) is 40.6. The SMILES string of the molecule is Cc1nc2c(-c3ccn[nH]3)cc(N3CCOCC3)cc2n1Cc1cccc2ccccc12.Cc1nc2c(Br)cc(N3CCOCC3)cc2n1Cc1cccc2ccccc12. The van der Waals surface area contributed by atoms with Gasteiger partial charge in [0, 0.05) is 66.9 Å². The Kier molecular flexibility index (Phi) is 10.5. The number of aromatic nitrogens is 6. The van der Waals surface area contributed by atoms with Crippen LogP contribution in [0, 0.1) is 13.8 Å². The van der Waals surface area contributed by atoms with Crippen molar-refractivity contribution in [3.63, 3.8) is 0 Å². The van der Waals surface area contributed by atoms with Gasteiger partial charge in [-0.15, -0.1) is 0 Å². The van der Waals surface area contributed by atoms with Crippen molar-refractivity contribution >= 4 is 70.9 Å². The summed E-state index contributed by atoms with van der Waals surface area (Å²) in [6.07, 6.45) is 1.79. The van der Waals surface area contributed by atoms with Gasteiger partial charge in [0.1, 0.15) is 17.2 Å². The van der Waals surface area contributed by atoms with E-state index in [1.54, 1.807) is 6.20 Å². The monoisotopic (exact) mass is 858 g/mol. The van der Waals surface area contributed by atoms with Gasteiger partial charge in [0.15, 0.2) is 0 Å². The molecule has 11 rings (SSSR count). The molecule has 2 saturated heterocycles. The number of imidazole rings is 2. The van der Waals surface area contributed by atoms with Crippen LogP contribution in [-0.4, -0.2) is 81.9 Å². The fourth-order valence-corrected chi connectivity index (χ4v) is 9.35. The van der Waals surface area contributed by atoms with Crippen molar-refractivity contribution in [3.05, 3.63) is 149 Å². The molecular weight excluding hydrogens is 812 g/mol. The largest absolute Gasteiger partial charge is 0.378 e. The van der Waals surface area contributed by atoms with E-state index in [1.165, 1.54) is 49.6 Å². The highest BCUT2D eigenvalue weighted by Gasteiger charge is 2.21. The lowest BCUT2D eigenvalue weighted by atomic mass is 10.0. The zero-order valence-electron chi connectivity index (χ0n) is 33.9. The van der Waals surface area contributed by atoms with E-state index in [4.69, 9.17) is 19.4 Å². The molecule has 60 heavy (non-hydrogen) atoms. The lowest BCUT2D eigenvalue weighted by molar-refractivity contribution is 0.122. The third-order valence-electron chi connectivity index (χ3n) is 12.0. The lowest BCUT2D eigenvalue weighted by Gasteiger charge is -2.29. The summed E-state index contributed by atoms with van der Waals surface area (Å²) >= 11 is 3.75. The average molecular weight is 860 g/mol. The number of anilines is 2. The number of nitrogens with zero attached hydrogens (tertiary/aromatic N) is 7. The third kappa shape index (κ3) is 7.42. The van der Waals surface area contributed by atoms with Crippen LogP contribution in [0.4, 0.5) is 11.4 Å². The van der Waals surface area contributed by atoms with E-state index < -0.39 is 0 Å². The molecule has 302 valence electrons. The van der Waals surface area contributed by atoms with Crippen LogP contribution in [0.3, 0.4) is 0 Å². The van der Waals surface area contributed by atoms with Crippen LogP contribution < -0.4 is 9.80 Å². The number of benzene rings is 6. The number of ether oxygens (including phenoxy) is 2. The van der Waals surface area contributed by atoms with Crippen LogP contribution in [0.15, 0.2) is 126 Å². The Morgan fingerprint density at radius 2 is 1.08 bits per heavy atom.